The van der Waals surface area contributed by atoms with Crippen LogP contribution in [0.4, 0.5) is 5.69 Å². The Labute approximate surface area is 120 Å². The number of para-hydroxylation sites is 1. The highest BCUT2D eigenvalue weighted by Gasteiger charge is 2.42. The number of aliphatic carboxylic acids is 1. The van der Waals surface area contributed by atoms with Crippen LogP contribution in [0.3, 0.4) is 0 Å². The standard InChI is InChI=1S/C16H23NO3/c1-10-9-16(3,4)17(11(2)15(18)19)14-12(10)7-6-8-13(14)20-5/h6-8,10-11H,9H2,1-5H3,(H,18,19)/t10-,11-/m1/s1. The monoisotopic (exact) mass is 277 g/mol. The smallest absolute Gasteiger partial charge is 0.326 e. The van der Waals surface area contributed by atoms with E-state index in [9.17, 15) is 9.90 Å². The summed E-state index contributed by atoms with van der Waals surface area (Å²) in [6.45, 7) is 8.11. The molecule has 20 heavy (non-hydrogen) atoms. The van der Waals surface area contributed by atoms with E-state index in [0.29, 0.717) is 5.92 Å². The van der Waals surface area contributed by atoms with Crippen molar-refractivity contribution in [3.8, 4) is 5.75 Å². The summed E-state index contributed by atoms with van der Waals surface area (Å²) in [5.74, 6) is 0.312. The number of ether oxygens (including phenoxy) is 1. The zero-order valence-electron chi connectivity index (χ0n) is 12.8. The second kappa shape index (κ2) is 5.00. The molecule has 1 aromatic carbocycles. The van der Waals surface area contributed by atoms with E-state index in [1.165, 1.54) is 0 Å². The number of hydrogen-bond acceptors (Lipinski definition) is 3. The summed E-state index contributed by atoms with van der Waals surface area (Å²) in [6.07, 6.45) is 0.921. The highest BCUT2D eigenvalue weighted by Crippen LogP contribution is 2.48. The van der Waals surface area contributed by atoms with E-state index in [0.717, 1.165) is 23.4 Å². The number of anilines is 1. The van der Waals surface area contributed by atoms with Gasteiger partial charge in [0.15, 0.2) is 0 Å². The highest BCUT2D eigenvalue weighted by atomic mass is 16.5. The Morgan fingerprint density at radius 1 is 1.50 bits per heavy atom. The summed E-state index contributed by atoms with van der Waals surface area (Å²) in [4.78, 5) is 13.5. The zero-order chi connectivity index (χ0) is 15.1. The van der Waals surface area contributed by atoms with Gasteiger partial charge in [0, 0.05) is 5.54 Å². The molecule has 2 atom stereocenters. The first-order valence-corrected chi connectivity index (χ1v) is 6.98. The minimum absolute atomic E-state index is 0.223. The maximum atomic E-state index is 11.5. The molecule has 1 aromatic rings. The molecule has 1 heterocycles. The molecule has 0 unspecified atom stereocenters. The number of carbonyl (C=O) groups is 1. The molecule has 1 N–H and O–H groups in total. The number of nitrogens with zero attached hydrogens (tertiary/aromatic N) is 1. The van der Waals surface area contributed by atoms with E-state index >= 15 is 0 Å². The van der Waals surface area contributed by atoms with Crippen LogP contribution in [0.5, 0.6) is 5.75 Å². The Bertz CT molecular complexity index is 524. The molecule has 0 fully saturated rings. The lowest BCUT2D eigenvalue weighted by atomic mass is 9.79. The fourth-order valence-corrected chi connectivity index (χ4v) is 3.45. The number of carboxylic acid groups (broad SMARTS) is 1. The minimum atomic E-state index is -0.815. The summed E-state index contributed by atoms with van der Waals surface area (Å²) in [5, 5.41) is 9.44. The van der Waals surface area contributed by atoms with Crippen LogP contribution in [0.15, 0.2) is 18.2 Å². The van der Waals surface area contributed by atoms with Gasteiger partial charge in [-0.3, -0.25) is 0 Å². The number of methoxy groups -OCH3 is 1. The van der Waals surface area contributed by atoms with Crippen molar-refractivity contribution in [3.63, 3.8) is 0 Å². The van der Waals surface area contributed by atoms with E-state index in [1.54, 1.807) is 14.0 Å². The Hall–Kier alpha value is -1.71. The van der Waals surface area contributed by atoms with Crippen LogP contribution in [0.2, 0.25) is 0 Å². The van der Waals surface area contributed by atoms with Crippen LogP contribution in [0.1, 0.15) is 45.6 Å². The van der Waals surface area contributed by atoms with Crippen molar-refractivity contribution in [3.05, 3.63) is 23.8 Å². The van der Waals surface area contributed by atoms with Gasteiger partial charge in [0.25, 0.3) is 0 Å². The molecule has 4 nitrogen and oxygen atoms in total. The first-order chi connectivity index (χ1) is 9.29. The van der Waals surface area contributed by atoms with Crippen molar-refractivity contribution in [2.45, 2.75) is 51.6 Å². The fourth-order valence-electron chi connectivity index (χ4n) is 3.45. The summed E-state index contributed by atoms with van der Waals surface area (Å²) in [7, 11) is 1.63. The number of carboxylic acids is 1. The lowest BCUT2D eigenvalue weighted by Gasteiger charge is -2.49. The largest absolute Gasteiger partial charge is 0.495 e. The molecular weight excluding hydrogens is 254 g/mol. The quantitative estimate of drug-likeness (QED) is 0.921. The van der Waals surface area contributed by atoms with Crippen molar-refractivity contribution >= 4 is 11.7 Å². The summed E-state index contributed by atoms with van der Waals surface area (Å²) in [6, 6.07) is 5.34. The molecule has 0 saturated heterocycles. The molecule has 4 heteroatoms. The van der Waals surface area contributed by atoms with Crippen LogP contribution in [-0.2, 0) is 4.79 Å². The molecule has 0 aliphatic carbocycles. The number of hydrogen-bond donors (Lipinski definition) is 1. The zero-order valence-corrected chi connectivity index (χ0v) is 12.8. The van der Waals surface area contributed by atoms with Crippen LogP contribution >= 0.6 is 0 Å². The van der Waals surface area contributed by atoms with Crippen molar-refractivity contribution in [1.29, 1.82) is 0 Å². The average Bonchev–Trinajstić information content (AvgIpc) is 2.36. The van der Waals surface area contributed by atoms with Crippen molar-refractivity contribution in [1.82, 2.24) is 0 Å². The van der Waals surface area contributed by atoms with Crippen molar-refractivity contribution in [2.75, 3.05) is 12.0 Å². The molecule has 1 aliphatic heterocycles. The third-order valence-electron chi connectivity index (χ3n) is 4.22. The van der Waals surface area contributed by atoms with E-state index in [2.05, 4.69) is 26.8 Å². The number of fused-ring (bicyclic) bond motifs is 1. The van der Waals surface area contributed by atoms with Gasteiger partial charge in [0.2, 0.25) is 0 Å². The summed E-state index contributed by atoms with van der Waals surface area (Å²) in [5.41, 5.74) is 1.87. The third-order valence-corrected chi connectivity index (χ3v) is 4.22. The molecule has 0 spiro atoms. The SMILES string of the molecule is COc1cccc2c1N([C@H](C)C(=O)O)C(C)(C)C[C@H]2C. The molecule has 0 radical (unpaired) electrons. The van der Waals surface area contributed by atoms with Crippen LogP contribution in [0, 0.1) is 0 Å². The van der Waals surface area contributed by atoms with Gasteiger partial charge >= 0.3 is 5.97 Å². The minimum Gasteiger partial charge on any atom is -0.495 e. The van der Waals surface area contributed by atoms with Gasteiger partial charge in [-0.25, -0.2) is 4.79 Å². The van der Waals surface area contributed by atoms with Gasteiger partial charge in [0.1, 0.15) is 11.8 Å². The maximum Gasteiger partial charge on any atom is 0.326 e. The number of rotatable bonds is 3. The molecule has 0 saturated carbocycles. The van der Waals surface area contributed by atoms with Gasteiger partial charge in [-0.1, -0.05) is 19.1 Å². The summed E-state index contributed by atoms with van der Waals surface area (Å²) < 4.78 is 5.48. The molecule has 1 aliphatic rings. The van der Waals surface area contributed by atoms with Crippen LogP contribution in [0.25, 0.3) is 0 Å². The van der Waals surface area contributed by atoms with Crippen LogP contribution < -0.4 is 9.64 Å². The predicted molar refractivity (Wildman–Crippen MR) is 79.7 cm³/mol. The lowest BCUT2D eigenvalue weighted by molar-refractivity contribution is -0.138. The van der Waals surface area contributed by atoms with Gasteiger partial charge in [-0.2, -0.15) is 0 Å². The second-order valence-electron chi connectivity index (χ2n) is 6.20. The topological polar surface area (TPSA) is 49.8 Å². The first kappa shape index (κ1) is 14.7. The van der Waals surface area contributed by atoms with Gasteiger partial charge < -0.3 is 14.7 Å². The highest BCUT2D eigenvalue weighted by molar-refractivity contribution is 5.81. The molecule has 0 amide bonds. The number of benzene rings is 1. The Morgan fingerprint density at radius 3 is 2.70 bits per heavy atom. The predicted octanol–water partition coefficient (Wildman–Crippen LogP) is 3.26. The van der Waals surface area contributed by atoms with E-state index in [4.69, 9.17) is 4.74 Å². The Kier molecular flexibility index (Phi) is 3.67. The normalized spacial score (nSPS) is 22.1. The molecular formula is C16H23NO3. The van der Waals surface area contributed by atoms with Crippen LogP contribution in [-0.4, -0.2) is 29.8 Å². The fraction of sp³-hybridized carbons (Fsp3) is 0.562. The first-order valence-electron chi connectivity index (χ1n) is 6.98. The molecule has 0 aromatic heterocycles. The van der Waals surface area contributed by atoms with E-state index in [1.807, 2.05) is 17.0 Å². The molecule has 2 rings (SSSR count). The maximum absolute atomic E-state index is 11.5. The second-order valence-corrected chi connectivity index (χ2v) is 6.20. The Morgan fingerprint density at radius 2 is 2.15 bits per heavy atom. The average molecular weight is 277 g/mol. The van der Waals surface area contributed by atoms with Gasteiger partial charge in [-0.15, -0.1) is 0 Å². The van der Waals surface area contributed by atoms with Gasteiger partial charge in [0.05, 0.1) is 12.8 Å². The lowest BCUT2D eigenvalue weighted by Crippen LogP contribution is -2.55. The Balaban J connectivity index is 2.66. The van der Waals surface area contributed by atoms with Gasteiger partial charge in [-0.05, 0) is 44.7 Å². The summed E-state index contributed by atoms with van der Waals surface area (Å²) >= 11 is 0. The van der Waals surface area contributed by atoms with Crippen molar-refractivity contribution in [2.24, 2.45) is 0 Å². The van der Waals surface area contributed by atoms with E-state index in [-0.39, 0.29) is 5.54 Å². The van der Waals surface area contributed by atoms with E-state index < -0.39 is 12.0 Å². The molecule has 110 valence electrons. The third kappa shape index (κ3) is 2.23. The molecule has 0 bridgehead atoms. The van der Waals surface area contributed by atoms with Crippen molar-refractivity contribution < 1.29 is 14.6 Å².